The molecule has 4 aromatic rings. The molecule has 1 aliphatic heterocycles. The number of rotatable bonds is 6. The van der Waals surface area contributed by atoms with Crippen LogP contribution in [0.1, 0.15) is 53.3 Å². The SMILES string of the molecule is N#Cc1cc2c(C3CC3)c(CN3CCC(Nc4ncnc5sc(CC(F)(F)F)cc45)CC3)ccc2[nH]1. The zero-order valence-electron chi connectivity index (χ0n) is 19.5. The van der Waals surface area contributed by atoms with Crippen LogP contribution in [0, 0.1) is 11.3 Å². The largest absolute Gasteiger partial charge is 0.393 e. The predicted octanol–water partition coefficient (Wildman–Crippen LogP) is 6.10. The van der Waals surface area contributed by atoms with Crippen molar-refractivity contribution in [3.05, 3.63) is 52.3 Å². The molecule has 1 saturated carbocycles. The maximum absolute atomic E-state index is 12.8. The van der Waals surface area contributed by atoms with Crippen molar-refractivity contribution in [2.75, 3.05) is 18.4 Å². The van der Waals surface area contributed by atoms with Gasteiger partial charge in [0.25, 0.3) is 0 Å². The molecule has 6 rings (SSSR count). The first-order valence-corrected chi connectivity index (χ1v) is 13.0. The third kappa shape index (κ3) is 4.77. The van der Waals surface area contributed by atoms with Gasteiger partial charge in [-0.2, -0.15) is 18.4 Å². The highest BCUT2D eigenvalue weighted by molar-refractivity contribution is 7.18. The quantitative estimate of drug-likeness (QED) is 0.328. The molecule has 6 nitrogen and oxygen atoms in total. The van der Waals surface area contributed by atoms with E-state index < -0.39 is 12.6 Å². The number of aromatic amines is 1. The Balaban J connectivity index is 1.13. The van der Waals surface area contributed by atoms with Crippen molar-refractivity contribution in [2.45, 2.75) is 56.8 Å². The average Bonchev–Trinajstić information content (AvgIpc) is 3.45. The number of piperidine rings is 1. The minimum absolute atomic E-state index is 0.207. The first-order valence-electron chi connectivity index (χ1n) is 12.2. The van der Waals surface area contributed by atoms with E-state index in [-0.39, 0.29) is 10.9 Å². The Morgan fingerprint density at radius 2 is 1.92 bits per heavy atom. The summed E-state index contributed by atoms with van der Waals surface area (Å²) in [6.07, 6.45) is 0.488. The molecule has 0 bridgehead atoms. The molecule has 1 aromatic carbocycles. The van der Waals surface area contributed by atoms with Crippen LogP contribution in [0.2, 0.25) is 0 Å². The van der Waals surface area contributed by atoms with E-state index in [2.05, 4.69) is 43.4 Å². The van der Waals surface area contributed by atoms with Gasteiger partial charge in [-0.15, -0.1) is 11.3 Å². The van der Waals surface area contributed by atoms with Gasteiger partial charge in [0.15, 0.2) is 0 Å². The number of nitriles is 1. The molecule has 0 atom stereocenters. The molecule has 2 fully saturated rings. The molecule has 36 heavy (non-hydrogen) atoms. The van der Waals surface area contributed by atoms with Crippen molar-refractivity contribution < 1.29 is 13.2 Å². The van der Waals surface area contributed by atoms with E-state index in [0.29, 0.717) is 27.6 Å². The second-order valence-corrected chi connectivity index (χ2v) is 10.9. The van der Waals surface area contributed by atoms with Crippen molar-refractivity contribution in [3.8, 4) is 6.07 Å². The Morgan fingerprint density at radius 1 is 1.11 bits per heavy atom. The number of nitrogens with zero attached hydrogens (tertiary/aromatic N) is 4. The van der Waals surface area contributed by atoms with Crippen LogP contribution in [0.15, 0.2) is 30.6 Å². The monoisotopic (exact) mass is 510 g/mol. The highest BCUT2D eigenvalue weighted by Gasteiger charge is 2.31. The molecule has 10 heteroatoms. The minimum atomic E-state index is -4.24. The van der Waals surface area contributed by atoms with E-state index in [1.54, 1.807) is 6.07 Å². The summed E-state index contributed by atoms with van der Waals surface area (Å²) >= 11 is 1.07. The molecule has 3 aromatic heterocycles. The number of benzene rings is 1. The van der Waals surface area contributed by atoms with Gasteiger partial charge in [0, 0.05) is 41.5 Å². The normalized spacial score (nSPS) is 17.6. The summed E-state index contributed by atoms with van der Waals surface area (Å²) in [7, 11) is 0. The van der Waals surface area contributed by atoms with Gasteiger partial charge in [-0.05, 0) is 60.9 Å². The average molecular weight is 511 g/mol. The lowest BCUT2D eigenvalue weighted by Crippen LogP contribution is -2.39. The third-order valence-electron chi connectivity index (χ3n) is 7.12. The van der Waals surface area contributed by atoms with Gasteiger partial charge in [0.1, 0.15) is 28.7 Å². The summed E-state index contributed by atoms with van der Waals surface area (Å²) < 4.78 is 38.5. The molecule has 0 radical (unpaired) electrons. The Bertz CT molecular complexity index is 1450. The summed E-state index contributed by atoms with van der Waals surface area (Å²) in [5.74, 6) is 1.20. The lowest BCUT2D eigenvalue weighted by Gasteiger charge is -2.33. The summed E-state index contributed by atoms with van der Waals surface area (Å²) in [5, 5.41) is 14.6. The van der Waals surface area contributed by atoms with E-state index in [0.717, 1.165) is 49.3 Å². The Morgan fingerprint density at radius 3 is 2.64 bits per heavy atom. The Hall–Kier alpha value is -3.16. The van der Waals surface area contributed by atoms with Crippen LogP contribution < -0.4 is 5.32 Å². The van der Waals surface area contributed by atoms with Crippen LogP contribution in [0.4, 0.5) is 19.0 Å². The number of anilines is 1. The number of nitrogens with one attached hydrogen (secondary N) is 2. The van der Waals surface area contributed by atoms with Crippen LogP contribution in [-0.2, 0) is 13.0 Å². The lowest BCUT2D eigenvalue weighted by molar-refractivity contribution is -0.126. The second-order valence-electron chi connectivity index (χ2n) is 9.81. The van der Waals surface area contributed by atoms with Gasteiger partial charge in [-0.25, -0.2) is 9.97 Å². The standard InChI is InChI=1S/C26H25F3N6S/c27-26(28,29)11-19-10-21-24(31-14-32-25(21)36-19)34-17-5-7-35(8-6-17)13-16-3-4-22-20(9-18(12-30)33-22)23(16)15-1-2-15/h3-4,9-10,14-15,17,33H,1-2,5-8,11,13H2,(H,31,32,34). The van der Waals surface area contributed by atoms with Gasteiger partial charge in [0.05, 0.1) is 11.8 Å². The first-order chi connectivity index (χ1) is 17.4. The Labute approximate surface area is 210 Å². The van der Waals surface area contributed by atoms with Gasteiger partial charge in [-0.1, -0.05) is 6.07 Å². The minimum Gasteiger partial charge on any atom is -0.367 e. The van der Waals surface area contributed by atoms with E-state index in [1.807, 2.05) is 6.07 Å². The van der Waals surface area contributed by atoms with Crippen molar-refractivity contribution in [1.82, 2.24) is 19.9 Å². The zero-order chi connectivity index (χ0) is 24.9. The third-order valence-corrected chi connectivity index (χ3v) is 8.16. The van der Waals surface area contributed by atoms with Gasteiger partial charge >= 0.3 is 6.18 Å². The fourth-order valence-corrected chi connectivity index (χ4v) is 6.32. The molecule has 186 valence electrons. The molecular formula is C26H25F3N6S. The lowest BCUT2D eigenvalue weighted by atomic mass is 9.97. The number of alkyl halides is 3. The van der Waals surface area contributed by atoms with Crippen molar-refractivity contribution in [2.24, 2.45) is 0 Å². The molecule has 1 aliphatic carbocycles. The summed E-state index contributed by atoms with van der Waals surface area (Å²) in [4.78, 5) is 15.0. The molecule has 1 saturated heterocycles. The van der Waals surface area contributed by atoms with E-state index in [1.165, 1.54) is 35.7 Å². The first kappa shape index (κ1) is 23.3. The van der Waals surface area contributed by atoms with E-state index >= 15 is 0 Å². The number of thiophene rings is 1. The van der Waals surface area contributed by atoms with Crippen molar-refractivity contribution >= 4 is 38.3 Å². The summed E-state index contributed by atoms with van der Waals surface area (Å²) in [6.45, 7) is 2.73. The molecule has 0 amide bonds. The predicted molar refractivity (Wildman–Crippen MR) is 134 cm³/mol. The van der Waals surface area contributed by atoms with E-state index in [4.69, 9.17) is 0 Å². The fraction of sp³-hybridized carbons (Fsp3) is 0.423. The van der Waals surface area contributed by atoms with Gasteiger partial charge in [-0.3, -0.25) is 4.90 Å². The molecular weight excluding hydrogens is 485 g/mol. The smallest absolute Gasteiger partial charge is 0.367 e. The van der Waals surface area contributed by atoms with Crippen LogP contribution in [0.5, 0.6) is 0 Å². The number of halogens is 3. The van der Waals surface area contributed by atoms with Crippen LogP contribution in [-0.4, -0.2) is 45.2 Å². The molecule has 2 N–H and O–H groups in total. The Kier molecular flexibility index (Phi) is 5.85. The van der Waals surface area contributed by atoms with Crippen LogP contribution >= 0.6 is 11.3 Å². The van der Waals surface area contributed by atoms with Gasteiger partial charge < -0.3 is 10.3 Å². The van der Waals surface area contributed by atoms with Crippen LogP contribution in [0.25, 0.3) is 21.1 Å². The fourth-order valence-electron chi connectivity index (χ4n) is 5.30. The molecule has 4 heterocycles. The second kappa shape index (κ2) is 9.05. The number of hydrogen-bond acceptors (Lipinski definition) is 6. The van der Waals surface area contributed by atoms with Crippen LogP contribution in [0.3, 0.4) is 0 Å². The number of H-pyrrole nitrogens is 1. The van der Waals surface area contributed by atoms with E-state index in [9.17, 15) is 18.4 Å². The van der Waals surface area contributed by atoms with Gasteiger partial charge in [0.2, 0.25) is 0 Å². The number of hydrogen-bond donors (Lipinski definition) is 2. The summed E-state index contributed by atoms with van der Waals surface area (Å²) in [6, 6.07) is 10.3. The van der Waals surface area contributed by atoms with Crippen molar-refractivity contribution in [1.29, 1.82) is 5.26 Å². The maximum Gasteiger partial charge on any atom is 0.393 e. The summed E-state index contributed by atoms with van der Waals surface area (Å²) in [5.41, 5.74) is 4.36. The number of fused-ring (bicyclic) bond motifs is 2. The topological polar surface area (TPSA) is 80.6 Å². The highest BCUT2D eigenvalue weighted by Crippen LogP contribution is 2.45. The van der Waals surface area contributed by atoms with Crippen molar-refractivity contribution in [3.63, 3.8) is 0 Å². The molecule has 0 spiro atoms. The zero-order valence-corrected chi connectivity index (χ0v) is 20.3. The molecule has 0 unspecified atom stereocenters. The highest BCUT2D eigenvalue weighted by atomic mass is 32.1. The number of aromatic nitrogens is 3. The number of likely N-dealkylation sites (tertiary alicyclic amines) is 1. The maximum atomic E-state index is 12.8. The molecule has 2 aliphatic rings.